The Kier molecular flexibility index (Phi) is 5.01. The Balaban J connectivity index is 2.25. The summed E-state index contributed by atoms with van der Waals surface area (Å²) >= 11 is 0. The summed E-state index contributed by atoms with van der Waals surface area (Å²) in [5, 5.41) is 14.5. The summed E-state index contributed by atoms with van der Waals surface area (Å²) in [6.45, 7) is 6.23. The van der Waals surface area contributed by atoms with E-state index in [1.165, 1.54) is 26.0 Å². The van der Waals surface area contributed by atoms with Crippen molar-refractivity contribution < 1.29 is 9.66 Å². The van der Waals surface area contributed by atoms with Crippen molar-refractivity contribution in [3.05, 3.63) is 28.3 Å². The molecule has 21 heavy (non-hydrogen) atoms. The largest absolute Gasteiger partial charge is 0.490 e. The van der Waals surface area contributed by atoms with Crippen LogP contribution in [0.25, 0.3) is 0 Å². The minimum absolute atomic E-state index is 0.00366. The summed E-state index contributed by atoms with van der Waals surface area (Å²) in [5.74, 6) is 0.308. The Hall–Kier alpha value is -1.82. The standard InChI is InChI=1S/C15H23N3O3/c1-11(2)17(10-12-5-4-8-16-12)13-6-7-14(18(19)20)15(9-13)21-3/h6-7,9,11-12,16H,4-5,8,10H2,1-3H3. The normalized spacial score (nSPS) is 18.0. The van der Waals surface area contributed by atoms with Crippen LogP contribution >= 0.6 is 0 Å². The summed E-state index contributed by atoms with van der Waals surface area (Å²) in [4.78, 5) is 12.8. The van der Waals surface area contributed by atoms with E-state index in [4.69, 9.17) is 4.74 Å². The smallest absolute Gasteiger partial charge is 0.311 e. The van der Waals surface area contributed by atoms with E-state index in [-0.39, 0.29) is 5.69 Å². The Labute approximate surface area is 125 Å². The fourth-order valence-electron chi connectivity index (χ4n) is 2.76. The average molecular weight is 293 g/mol. The van der Waals surface area contributed by atoms with Gasteiger partial charge in [0.05, 0.1) is 12.0 Å². The first-order valence-corrected chi connectivity index (χ1v) is 7.35. The van der Waals surface area contributed by atoms with Crippen LogP contribution in [0, 0.1) is 10.1 Å². The summed E-state index contributed by atoms with van der Waals surface area (Å²) in [7, 11) is 1.46. The first kappa shape index (κ1) is 15.6. The molecule has 1 N–H and O–H groups in total. The van der Waals surface area contributed by atoms with Gasteiger partial charge in [0.1, 0.15) is 0 Å². The Morgan fingerprint density at radius 1 is 1.52 bits per heavy atom. The summed E-state index contributed by atoms with van der Waals surface area (Å²) in [6.07, 6.45) is 2.38. The lowest BCUT2D eigenvalue weighted by atomic mass is 10.1. The van der Waals surface area contributed by atoms with Gasteiger partial charge in [0, 0.05) is 36.4 Å². The molecule has 2 rings (SSSR count). The van der Waals surface area contributed by atoms with Crippen molar-refractivity contribution in [2.75, 3.05) is 25.1 Å². The zero-order chi connectivity index (χ0) is 15.4. The molecule has 1 aliphatic heterocycles. The number of nitro groups is 1. The number of anilines is 1. The second kappa shape index (κ2) is 6.76. The number of nitrogens with zero attached hydrogens (tertiary/aromatic N) is 2. The fraction of sp³-hybridized carbons (Fsp3) is 0.600. The molecule has 6 heteroatoms. The predicted octanol–water partition coefficient (Wildman–Crippen LogP) is 2.57. The van der Waals surface area contributed by atoms with Gasteiger partial charge >= 0.3 is 5.69 Å². The van der Waals surface area contributed by atoms with Gasteiger partial charge < -0.3 is 15.0 Å². The van der Waals surface area contributed by atoms with Crippen molar-refractivity contribution >= 4 is 11.4 Å². The number of benzene rings is 1. The quantitative estimate of drug-likeness (QED) is 0.645. The van der Waals surface area contributed by atoms with Crippen LogP contribution < -0.4 is 15.0 Å². The van der Waals surface area contributed by atoms with Gasteiger partial charge in [0.15, 0.2) is 5.75 Å². The van der Waals surface area contributed by atoms with Gasteiger partial charge in [-0.25, -0.2) is 0 Å². The Morgan fingerprint density at radius 3 is 2.81 bits per heavy atom. The third kappa shape index (κ3) is 3.64. The highest BCUT2D eigenvalue weighted by Gasteiger charge is 2.22. The van der Waals surface area contributed by atoms with Crippen molar-refractivity contribution in [2.24, 2.45) is 0 Å². The predicted molar refractivity (Wildman–Crippen MR) is 83.2 cm³/mol. The van der Waals surface area contributed by atoms with Gasteiger partial charge in [-0.05, 0) is 39.3 Å². The number of rotatable bonds is 6. The monoisotopic (exact) mass is 293 g/mol. The SMILES string of the molecule is COc1cc(N(CC2CCCN2)C(C)C)ccc1[N+](=O)[O-]. The molecule has 0 aliphatic carbocycles. The van der Waals surface area contributed by atoms with Crippen LogP contribution in [0.5, 0.6) is 5.75 Å². The minimum atomic E-state index is -0.416. The van der Waals surface area contributed by atoms with E-state index in [0.29, 0.717) is 17.8 Å². The lowest BCUT2D eigenvalue weighted by Crippen LogP contribution is -2.41. The van der Waals surface area contributed by atoms with Crippen molar-refractivity contribution in [2.45, 2.75) is 38.8 Å². The first-order valence-electron chi connectivity index (χ1n) is 7.35. The average Bonchev–Trinajstić information content (AvgIpc) is 2.96. The molecule has 0 radical (unpaired) electrons. The Morgan fingerprint density at radius 2 is 2.29 bits per heavy atom. The highest BCUT2D eigenvalue weighted by molar-refractivity contribution is 5.59. The lowest BCUT2D eigenvalue weighted by Gasteiger charge is -2.31. The van der Waals surface area contributed by atoms with E-state index in [1.807, 2.05) is 0 Å². The summed E-state index contributed by atoms with van der Waals surface area (Å²) in [6, 6.07) is 5.88. The van der Waals surface area contributed by atoms with Crippen LogP contribution in [0.4, 0.5) is 11.4 Å². The topological polar surface area (TPSA) is 67.6 Å². The second-order valence-corrected chi connectivity index (χ2v) is 5.65. The number of nitrogens with one attached hydrogen (secondary N) is 1. The molecule has 0 amide bonds. The number of hydrogen-bond donors (Lipinski definition) is 1. The van der Waals surface area contributed by atoms with Crippen LogP contribution in [-0.2, 0) is 0 Å². The van der Waals surface area contributed by atoms with E-state index in [2.05, 4.69) is 24.1 Å². The van der Waals surface area contributed by atoms with Gasteiger partial charge in [0.2, 0.25) is 0 Å². The third-order valence-corrected chi connectivity index (χ3v) is 3.89. The van der Waals surface area contributed by atoms with Crippen LogP contribution in [0.15, 0.2) is 18.2 Å². The van der Waals surface area contributed by atoms with Crippen molar-refractivity contribution in [3.63, 3.8) is 0 Å². The molecule has 0 bridgehead atoms. The molecule has 0 spiro atoms. The molecule has 0 saturated carbocycles. The van der Waals surface area contributed by atoms with Crippen LogP contribution in [0.2, 0.25) is 0 Å². The number of ether oxygens (including phenoxy) is 1. The molecule has 1 aromatic carbocycles. The molecule has 1 saturated heterocycles. The molecule has 1 atom stereocenters. The van der Waals surface area contributed by atoms with Gasteiger partial charge in [-0.15, -0.1) is 0 Å². The molecule has 1 fully saturated rings. The summed E-state index contributed by atoms with van der Waals surface area (Å²) < 4.78 is 5.16. The number of nitro benzene ring substituents is 1. The number of methoxy groups -OCH3 is 1. The van der Waals surface area contributed by atoms with Gasteiger partial charge in [0.25, 0.3) is 0 Å². The van der Waals surface area contributed by atoms with Crippen molar-refractivity contribution in [1.29, 1.82) is 0 Å². The highest BCUT2D eigenvalue weighted by atomic mass is 16.6. The fourth-order valence-corrected chi connectivity index (χ4v) is 2.76. The van der Waals surface area contributed by atoms with Crippen molar-refractivity contribution in [1.82, 2.24) is 5.32 Å². The molecule has 1 aliphatic rings. The van der Waals surface area contributed by atoms with Gasteiger partial charge in [-0.3, -0.25) is 10.1 Å². The van der Waals surface area contributed by atoms with Gasteiger partial charge in [-0.1, -0.05) is 0 Å². The molecule has 116 valence electrons. The van der Waals surface area contributed by atoms with E-state index in [0.717, 1.165) is 18.8 Å². The zero-order valence-electron chi connectivity index (χ0n) is 12.8. The lowest BCUT2D eigenvalue weighted by molar-refractivity contribution is -0.385. The molecule has 0 aromatic heterocycles. The maximum atomic E-state index is 11.0. The molecular formula is C15H23N3O3. The third-order valence-electron chi connectivity index (χ3n) is 3.89. The number of hydrogen-bond acceptors (Lipinski definition) is 5. The second-order valence-electron chi connectivity index (χ2n) is 5.65. The molecule has 1 unspecified atom stereocenters. The van der Waals surface area contributed by atoms with Crippen molar-refractivity contribution in [3.8, 4) is 5.75 Å². The van der Waals surface area contributed by atoms with Crippen LogP contribution in [-0.4, -0.2) is 37.2 Å². The maximum absolute atomic E-state index is 11.0. The molecule has 6 nitrogen and oxygen atoms in total. The zero-order valence-corrected chi connectivity index (χ0v) is 12.8. The highest BCUT2D eigenvalue weighted by Crippen LogP contribution is 2.32. The van der Waals surface area contributed by atoms with E-state index < -0.39 is 4.92 Å². The summed E-state index contributed by atoms with van der Waals surface area (Å²) in [5.41, 5.74) is 0.963. The van der Waals surface area contributed by atoms with E-state index in [1.54, 1.807) is 12.1 Å². The first-order chi connectivity index (χ1) is 10.0. The Bertz CT molecular complexity index is 499. The molecular weight excluding hydrogens is 270 g/mol. The van der Waals surface area contributed by atoms with Crippen LogP contribution in [0.1, 0.15) is 26.7 Å². The molecule has 1 aromatic rings. The minimum Gasteiger partial charge on any atom is -0.490 e. The molecule has 1 heterocycles. The van der Waals surface area contributed by atoms with E-state index >= 15 is 0 Å². The van der Waals surface area contributed by atoms with E-state index in [9.17, 15) is 10.1 Å². The maximum Gasteiger partial charge on any atom is 0.311 e. The van der Waals surface area contributed by atoms with Gasteiger partial charge in [-0.2, -0.15) is 0 Å². The van der Waals surface area contributed by atoms with Crippen LogP contribution in [0.3, 0.4) is 0 Å².